The van der Waals surface area contributed by atoms with E-state index in [2.05, 4.69) is 20.9 Å². The number of hydrogen-bond donors (Lipinski definition) is 2. The summed E-state index contributed by atoms with van der Waals surface area (Å²) in [7, 11) is 0. The molecule has 0 radical (unpaired) electrons. The van der Waals surface area contributed by atoms with Crippen molar-refractivity contribution in [3.8, 4) is 0 Å². The van der Waals surface area contributed by atoms with Crippen molar-refractivity contribution in [2.45, 2.75) is 25.6 Å². The van der Waals surface area contributed by atoms with Crippen LogP contribution in [0.15, 0.2) is 24.5 Å². The molecule has 2 aromatic rings. The van der Waals surface area contributed by atoms with Gasteiger partial charge in [0.25, 0.3) is 0 Å². The Labute approximate surface area is 112 Å². The Morgan fingerprint density at radius 1 is 1.63 bits per heavy atom. The fourth-order valence-corrected chi connectivity index (χ4v) is 2.58. The normalized spacial score (nSPS) is 22.7. The number of fused-ring (bicyclic) bond motifs is 1. The van der Waals surface area contributed by atoms with E-state index >= 15 is 0 Å². The van der Waals surface area contributed by atoms with Crippen LogP contribution in [0.3, 0.4) is 0 Å². The highest BCUT2D eigenvalue weighted by Crippen LogP contribution is 2.19. The molecule has 19 heavy (non-hydrogen) atoms. The molecule has 1 aliphatic rings. The minimum atomic E-state index is 0.0763. The molecular weight excluding hydrogens is 240 g/mol. The summed E-state index contributed by atoms with van der Waals surface area (Å²) in [5, 5.41) is 1.20. The average Bonchev–Trinajstić information content (AvgIpc) is 2.83. The lowest BCUT2D eigenvalue weighted by Gasteiger charge is -2.34. The number of ether oxygens (including phenoxy) is 1. The Morgan fingerprint density at radius 2 is 2.53 bits per heavy atom. The second-order valence-electron chi connectivity index (χ2n) is 5.22. The van der Waals surface area contributed by atoms with E-state index in [0.29, 0.717) is 0 Å². The van der Waals surface area contributed by atoms with Crippen molar-refractivity contribution < 1.29 is 4.74 Å². The molecule has 1 fully saturated rings. The van der Waals surface area contributed by atoms with Gasteiger partial charge in [0.2, 0.25) is 0 Å². The predicted molar refractivity (Wildman–Crippen MR) is 74.8 cm³/mol. The van der Waals surface area contributed by atoms with Crippen LogP contribution in [0.4, 0.5) is 0 Å². The average molecular weight is 260 g/mol. The van der Waals surface area contributed by atoms with E-state index in [1.165, 1.54) is 10.9 Å². The maximum absolute atomic E-state index is 5.93. The summed E-state index contributed by atoms with van der Waals surface area (Å²) >= 11 is 0. The minimum Gasteiger partial charge on any atom is -0.374 e. The Morgan fingerprint density at radius 3 is 3.37 bits per heavy atom. The van der Waals surface area contributed by atoms with E-state index in [-0.39, 0.29) is 12.1 Å². The first-order valence-corrected chi connectivity index (χ1v) is 6.74. The zero-order chi connectivity index (χ0) is 13.2. The van der Waals surface area contributed by atoms with Gasteiger partial charge in [-0.1, -0.05) is 0 Å². The molecule has 3 heterocycles. The number of nitrogens with two attached hydrogens (primary N) is 1. The number of morpholine rings is 1. The van der Waals surface area contributed by atoms with E-state index in [1.807, 2.05) is 25.4 Å². The second kappa shape index (κ2) is 5.28. The predicted octanol–water partition coefficient (Wildman–Crippen LogP) is 1.11. The largest absolute Gasteiger partial charge is 0.374 e. The van der Waals surface area contributed by atoms with Crippen LogP contribution < -0.4 is 5.73 Å². The van der Waals surface area contributed by atoms with E-state index in [0.717, 1.165) is 31.9 Å². The van der Waals surface area contributed by atoms with Crippen molar-refractivity contribution in [2.24, 2.45) is 5.73 Å². The first kappa shape index (κ1) is 12.6. The molecule has 1 aliphatic heterocycles. The monoisotopic (exact) mass is 260 g/mol. The molecule has 102 valence electrons. The number of nitrogens with one attached hydrogen (secondary N) is 1. The summed E-state index contributed by atoms with van der Waals surface area (Å²) in [5.41, 5.74) is 8.16. The molecule has 0 spiro atoms. The van der Waals surface area contributed by atoms with Crippen LogP contribution in [-0.4, -0.2) is 46.7 Å². The summed E-state index contributed by atoms with van der Waals surface area (Å²) in [6.45, 7) is 5.52. The van der Waals surface area contributed by atoms with Gasteiger partial charge in [0, 0.05) is 43.5 Å². The van der Waals surface area contributed by atoms with Crippen LogP contribution in [0, 0.1) is 0 Å². The lowest BCUT2D eigenvalue weighted by atomic mass is 10.1. The molecule has 5 nitrogen and oxygen atoms in total. The van der Waals surface area contributed by atoms with Crippen LogP contribution in [0.25, 0.3) is 11.0 Å². The molecule has 2 unspecified atom stereocenters. The fourth-order valence-electron chi connectivity index (χ4n) is 2.58. The van der Waals surface area contributed by atoms with Crippen molar-refractivity contribution in [3.05, 3.63) is 30.1 Å². The van der Waals surface area contributed by atoms with Gasteiger partial charge in [0.05, 0.1) is 12.7 Å². The number of aromatic amines is 1. The number of hydrogen-bond acceptors (Lipinski definition) is 4. The van der Waals surface area contributed by atoms with Gasteiger partial charge in [-0.3, -0.25) is 4.90 Å². The summed E-state index contributed by atoms with van der Waals surface area (Å²) in [4.78, 5) is 9.93. The fraction of sp³-hybridized carbons (Fsp3) is 0.500. The van der Waals surface area contributed by atoms with Crippen molar-refractivity contribution in [3.63, 3.8) is 0 Å². The van der Waals surface area contributed by atoms with Crippen LogP contribution >= 0.6 is 0 Å². The lowest BCUT2D eigenvalue weighted by Crippen LogP contribution is -2.49. The molecule has 2 atom stereocenters. The first-order valence-electron chi connectivity index (χ1n) is 6.74. The van der Waals surface area contributed by atoms with Gasteiger partial charge >= 0.3 is 0 Å². The summed E-state index contributed by atoms with van der Waals surface area (Å²) in [5.74, 6) is 0. The molecule has 2 aromatic heterocycles. The summed E-state index contributed by atoms with van der Waals surface area (Å²) < 4.78 is 5.69. The molecule has 5 heteroatoms. The molecule has 0 saturated carbocycles. The zero-order valence-electron chi connectivity index (χ0n) is 11.2. The molecule has 0 amide bonds. The Hall–Kier alpha value is -1.43. The van der Waals surface area contributed by atoms with Gasteiger partial charge in [0.1, 0.15) is 5.65 Å². The Kier molecular flexibility index (Phi) is 3.50. The minimum absolute atomic E-state index is 0.0763. The molecule has 0 aliphatic carbocycles. The van der Waals surface area contributed by atoms with Gasteiger partial charge in [-0.25, -0.2) is 4.98 Å². The van der Waals surface area contributed by atoms with Crippen molar-refractivity contribution in [1.29, 1.82) is 0 Å². The van der Waals surface area contributed by atoms with Crippen LogP contribution in [-0.2, 0) is 11.3 Å². The third-order valence-electron chi connectivity index (χ3n) is 3.69. The van der Waals surface area contributed by atoms with Gasteiger partial charge in [-0.15, -0.1) is 0 Å². The Bertz CT molecular complexity index is 551. The van der Waals surface area contributed by atoms with Gasteiger partial charge in [-0.05, 0) is 24.6 Å². The summed E-state index contributed by atoms with van der Waals surface area (Å²) in [6.07, 6.45) is 3.99. The quantitative estimate of drug-likeness (QED) is 0.867. The molecular formula is C14H20N4O. The number of pyridine rings is 1. The van der Waals surface area contributed by atoms with Crippen molar-refractivity contribution in [2.75, 3.05) is 19.7 Å². The standard InChI is InChI=1S/C14H20N4O/c1-10(15)13-9-18(5-6-19-13)8-11-7-17-14-12(11)3-2-4-16-14/h2-4,7,10,13H,5-6,8-9,15H2,1H3,(H,16,17). The highest BCUT2D eigenvalue weighted by molar-refractivity contribution is 5.79. The van der Waals surface area contributed by atoms with E-state index in [4.69, 9.17) is 10.5 Å². The van der Waals surface area contributed by atoms with Gasteiger partial charge < -0.3 is 15.5 Å². The number of aromatic nitrogens is 2. The zero-order valence-corrected chi connectivity index (χ0v) is 11.2. The molecule has 3 N–H and O–H groups in total. The number of rotatable bonds is 3. The van der Waals surface area contributed by atoms with Crippen molar-refractivity contribution >= 4 is 11.0 Å². The highest BCUT2D eigenvalue weighted by Gasteiger charge is 2.23. The highest BCUT2D eigenvalue weighted by atomic mass is 16.5. The second-order valence-corrected chi connectivity index (χ2v) is 5.22. The van der Waals surface area contributed by atoms with Crippen LogP contribution in [0.5, 0.6) is 0 Å². The maximum atomic E-state index is 5.93. The SMILES string of the molecule is CC(N)C1CN(Cc2c[nH]c3ncccc23)CCO1. The third-order valence-corrected chi connectivity index (χ3v) is 3.69. The Balaban J connectivity index is 1.74. The van der Waals surface area contributed by atoms with Gasteiger partial charge in [0.15, 0.2) is 0 Å². The van der Waals surface area contributed by atoms with Crippen LogP contribution in [0.2, 0.25) is 0 Å². The number of H-pyrrole nitrogens is 1. The first-order chi connectivity index (χ1) is 9.24. The summed E-state index contributed by atoms with van der Waals surface area (Å²) in [6, 6.07) is 4.16. The maximum Gasteiger partial charge on any atom is 0.137 e. The smallest absolute Gasteiger partial charge is 0.137 e. The van der Waals surface area contributed by atoms with E-state index in [1.54, 1.807) is 0 Å². The molecule has 0 aromatic carbocycles. The lowest BCUT2D eigenvalue weighted by molar-refractivity contribution is -0.0402. The van der Waals surface area contributed by atoms with Crippen LogP contribution in [0.1, 0.15) is 12.5 Å². The van der Waals surface area contributed by atoms with Gasteiger partial charge in [-0.2, -0.15) is 0 Å². The molecule has 3 rings (SSSR count). The van der Waals surface area contributed by atoms with E-state index < -0.39 is 0 Å². The molecule has 1 saturated heterocycles. The van der Waals surface area contributed by atoms with Crippen molar-refractivity contribution in [1.82, 2.24) is 14.9 Å². The van der Waals surface area contributed by atoms with E-state index in [9.17, 15) is 0 Å². The molecule has 0 bridgehead atoms. The third kappa shape index (κ3) is 2.63. The topological polar surface area (TPSA) is 67.2 Å². The number of nitrogens with zero attached hydrogens (tertiary/aromatic N) is 2.